The smallest absolute Gasteiger partial charge is 0.302 e. The Kier molecular flexibility index (Phi) is 3.81. The zero-order valence-corrected chi connectivity index (χ0v) is 11.5. The molecule has 114 valence electrons. The van der Waals surface area contributed by atoms with Crippen LogP contribution in [0.4, 0.5) is 20.9 Å². The van der Waals surface area contributed by atoms with E-state index in [9.17, 15) is 27.2 Å². The lowest BCUT2D eigenvalue weighted by Gasteiger charge is -2.16. The van der Waals surface area contributed by atoms with E-state index >= 15 is 0 Å². The highest BCUT2D eigenvalue weighted by Crippen LogP contribution is 2.31. The van der Waals surface area contributed by atoms with Crippen LogP contribution in [0.1, 0.15) is 6.42 Å². The minimum atomic E-state index is -4.67. The molecule has 0 radical (unpaired) electrons. The van der Waals surface area contributed by atoms with Crippen molar-refractivity contribution in [2.45, 2.75) is 6.42 Å². The molecule has 1 fully saturated rings. The van der Waals surface area contributed by atoms with Crippen molar-refractivity contribution in [3.63, 3.8) is 0 Å². The van der Waals surface area contributed by atoms with Crippen LogP contribution in [0, 0.1) is 16.0 Å². The Bertz CT molecular complexity index is 706. The third kappa shape index (κ3) is 3.45. The molecular formula is C11H12FN3O5S. The van der Waals surface area contributed by atoms with Gasteiger partial charge in [-0.05, 0) is 12.1 Å². The molecule has 2 N–H and O–H groups in total. The highest BCUT2D eigenvalue weighted by atomic mass is 32.3. The van der Waals surface area contributed by atoms with E-state index in [0.29, 0.717) is 0 Å². The predicted octanol–water partition coefficient (Wildman–Crippen LogP) is 0.829. The van der Waals surface area contributed by atoms with Gasteiger partial charge in [0.2, 0.25) is 5.91 Å². The van der Waals surface area contributed by atoms with Crippen molar-refractivity contribution in [3.05, 3.63) is 28.3 Å². The summed E-state index contributed by atoms with van der Waals surface area (Å²) < 4.78 is 33.9. The lowest BCUT2D eigenvalue weighted by Crippen LogP contribution is -2.25. The minimum absolute atomic E-state index is 0.0109. The molecule has 1 saturated heterocycles. The van der Waals surface area contributed by atoms with Crippen molar-refractivity contribution in [2.24, 2.45) is 5.92 Å². The number of nitrogens with two attached hydrogens (primary N) is 1. The van der Waals surface area contributed by atoms with E-state index in [4.69, 9.17) is 5.73 Å². The monoisotopic (exact) mass is 317 g/mol. The molecular weight excluding hydrogens is 305 g/mol. The maximum absolute atomic E-state index is 12.7. The van der Waals surface area contributed by atoms with E-state index in [0.717, 1.165) is 6.07 Å². The van der Waals surface area contributed by atoms with E-state index in [-0.39, 0.29) is 30.0 Å². The lowest BCUT2D eigenvalue weighted by atomic mass is 10.1. The molecule has 1 aromatic rings. The van der Waals surface area contributed by atoms with Crippen molar-refractivity contribution in [2.75, 3.05) is 22.9 Å². The Balaban J connectivity index is 2.25. The SMILES string of the molecule is Nc1ccc(N2CC(CS(=O)(=O)F)CC2=O)cc1[N+](=O)[O-]. The summed E-state index contributed by atoms with van der Waals surface area (Å²) in [5.41, 5.74) is 5.31. The molecule has 1 aliphatic rings. The van der Waals surface area contributed by atoms with Crippen LogP contribution in [-0.2, 0) is 15.0 Å². The highest BCUT2D eigenvalue weighted by Gasteiger charge is 2.34. The maximum Gasteiger partial charge on any atom is 0.302 e. The Morgan fingerprint density at radius 2 is 2.14 bits per heavy atom. The number of halogens is 1. The average Bonchev–Trinajstić information content (AvgIpc) is 2.68. The number of nitrogens with zero attached hydrogens (tertiary/aromatic N) is 2. The second-order valence-electron chi connectivity index (χ2n) is 4.78. The highest BCUT2D eigenvalue weighted by molar-refractivity contribution is 7.86. The summed E-state index contributed by atoms with van der Waals surface area (Å²) in [6, 6.07) is 3.85. The number of carbonyl (C=O) groups excluding carboxylic acids is 1. The second kappa shape index (κ2) is 5.28. The molecule has 2 rings (SSSR count). The van der Waals surface area contributed by atoms with Gasteiger partial charge in [-0.3, -0.25) is 14.9 Å². The molecule has 1 aliphatic heterocycles. The van der Waals surface area contributed by atoms with E-state index in [1.54, 1.807) is 0 Å². The summed E-state index contributed by atoms with van der Waals surface area (Å²) in [6.07, 6.45) is -0.124. The van der Waals surface area contributed by atoms with E-state index in [1.165, 1.54) is 17.0 Å². The fourth-order valence-electron chi connectivity index (χ4n) is 2.28. The topological polar surface area (TPSA) is 124 Å². The molecule has 0 spiro atoms. The average molecular weight is 317 g/mol. The van der Waals surface area contributed by atoms with Crippen LogP contribution in [0.3, 0.4) is 0 Å². The zero-order chi connectivity index (χ0) is 15.8. The van der Waals surface area contributed by atoms with Crippen LogP contribution < -0.4 is 10.6 Å². The lowest BCUT2D eigenvalue weighted by molar-refractivity contribution is -0.383. The Morgan fingerprint density at radius 1 is 1.48 bits per heavy atom. The van der Waals surface area contributed by atoms with Gasteiger partial charge in [-0.1, -0.05) is 0 Å². The van der Waals surface area contributed by atoms with Gasteiger partial charge in [0.1, 0.15) is 5.69 Å². The minimum Gasteiger partial charge on any atom is -0.393 e. The van der Waals surface area contributed by atoms with Gasteiger partial charge in [0, 0.05) is 24.9 Å². The molecule has 1 heterocycles. The molecule has 0 aliphatic carbocycles. The number of hydrogen-bond acceptors (Lipinski definition) is 6. The van der Waals surface area contributed by atoms with Gasteiger partial charge < -0.3 is 10.6 Å². The molecule has 0 bridgehead atoms. The zero-order valence-electron chi connectivity index (χ0n) is 10.7. The first-order valence-corrected chi connectivity index (χ1v) is 7.49. The quantitative estimate of drug-likeness (QED) is 0.379. The summed E-state index contributed by atoms with van der Waals surface area (Å²) in [5.74, 6) is -1.83. The third-order valence-corrected chi connectivity index (χ3v) is 4.03. The molecule has 1 aromatic carbocycles. The number of nitrogen functional groups attached to an aromatic ring is 1. The fraction of sp³-hybridized carbons (Fsp3) is 0.364. The van der Waals surface area contributed by atoms with Crippen molar-refractivity contribution < 1.29 is 22.0 Å². The third-order valence-electron chi connectivity index (χ3n) is 3.16. The molecule has 0 aromatic heterocycles. The summed E-state index contributed by atoms with van der Waals surface area (Å²) >= 11 is 0. The first kappa shape index (κ1) is 15.2. The van der Waals surface area contributed by atoms with Crippen LogP contribution in [0.25, 0.3) is 0 Å². The van der Waals surface area contributed by atoms with Crippen LogP contribution in [0.2, 0.25) is 0 Å². The molecule has 0 saturated carbocycles. The van der Waals surface area contributed by atoms with E-state index in [2.05, 4.69) is 0 Å². The summed E-state index contributed by atoms with van der Waals surface area (Å²) in [7, 11) is -4.67. The molecule has 1 amide bonds. The number of carbonyl (C=O) groups is 1. The summed E-state index contributed by atoms with van der Waals surface area (Å²) in [4.78, 5) is 23.2. The Morgan fingerprint density at radius 3 is 2.71 bits per heavy atom. The Hall–Kier alpha value is -2.23. The van der Waals surface area contributed by atoms with Gasteiger partial charge in [-0.25, -0.2) is 0 Å². The van der Waals surface area contributed by atoms with Gasteiger partial charge in [0.25, 0.3) is 5.69 Å². The van der Waals surface area contributed by atoms with Gasteiger partial charge in [-0.2, -0.15) is 8.42 Å². The van der Waals surface area contributed by atoms with Gasteiger partial charge in [-0.15, -0.1) is 3.89 Å². The number of hydrogen-bond donors (Lipinski definition) is 1. The van der Waals surface area contributed by atoms with Crippen LogP contribution in [0.15, 0.2) is 18.2 Å². The standard InChI is InChI=1S/C11H12FN3O5S/c12-21(19,20)6-7-3-11(16)14(5-7)8-1-2-9(13)10(4-8)15(17)18/h1-2,4,7H,3,5-6,13H2. The van der Waals surface area contributed by atoms with Crippen molar-refractivity contribution in [3.8, 4) is 0 Å². The van der Waals surface area contributed by atoms with Crippen LogP contribution in [-0.4, -0.2) is 31.5 Å². The molecule has 21 heavy (non-hydrogen) atoms. The van der Waals surface area contributed by atoms with Crippen LogP contribution in [0.5, 0.6) is 0 Å². The molecule has 10 heteroatoms. The fourth-order valence-corrected chi connectivity index (χ4v) is 3.07. The molecule has 1 atom stereocenters. The first-order valence-electron chi connectivity index (χ1n) is 5.94. The summed E-state index contributed by atoms with van der Waals surface area (Å²) in [5, 5.41) is 10.8. The Labute approximate surface area is 119 Å². The number of benzene rings is 1. The molecule has 8 nitrogen and oxygen atoms in total. The number of nitro benzene ring substituents is 1. The van der Waals surface area contributed by atoms with Crippen LogP contribution >= 0.6 is 0 Å². The maximum atomic E-state index is 12.7. The normalized spacial score (nSPS) is 19.0. The first-order chi connectivity index (χ1) is 9.67. The van der Waals surface area contributed by atoms with E-state index in [1.807, 2.05) is 0 Å². The number of amides is 1. The molecule has 1 unspecified atom stereocenters. The van der Waals surface area contributed by atoms with Gasteiger partial charge in [0.15, 0.2) is 0 Å². The summed E-state index contributed by atoms with van der Waals surface area (Å²) in [6.45, 7) is -0.0109. The van der Waals surface area contributed by atoms with Crippen molar-refractivity contribution in [1.29, 1.82) is 0 Å². The second-order valence-corrected chi connectivity index (χ2v) is 6.19. The van der Waals surface area contributed by atoms with Gasteiger partial charge in [0.05, 0.1) is 16.4 Å². The van der Waals surface area contributed by atoms with E-state index < -0.39 is 32.7 Å². The van der Waals surface area contributed by atoms with Gasteiger partial charge >= 0.3 is 10.2 Å². The largest absolute Gasteiger partial charge is 0.393 e. The van der Waals surface area contributed by atoms with Crippen molar-refractivity contribution >= 4 is 33.2 Å². The number of anilines is 2. The predicted molar refractivity (Wildman–Crippen MR) is 72.9 cm³/mol. The number of nitro groups is 1. The van der Waals surface area contributed by atoms with Crippen molar-refractivity contribution in [1.82, 2.24) is 0 Å². The number of rotatable bonds is 4.